The van der Waals surface area contributed by atoms with Crippen molar-refractivity contribution in [2.75, 3.05) is 12.8 Å². The lowest BCUT2D eigenvalue weighted by atomic mass is 10.2. The third-order valence-electron chi connectivity index (χ3n) is 2.22. The summed E-state index contributed by atoms with van der Waals surface area (Å²) >= 11 is 1.64. The van der Waals surface area contributed by atoms with Gasteiger partial charge in [0.05, 0.1) is 5.04 Å². The number of carbonyl (C=O) groups excluding carboxylic acids is 1. The van der Waals surface area contributed by atoms with Crippen molar-refractivity contribution in [2.24, 2.45) is 4.99 Å². The molecule has 0 radical (unpaired) electrons. The van der Waals surface area contributed by atoms with Crippen molar-refractivity contribution in [2.45, 2.75) is 6.04 Å². The van der Waals surface area contributed by atoms with Gasteiger partial charge in [0.2, 0.25) is 5.91 Å². The molecule has 0 unspecified atom stereocenters. The zero-order valence-electron chi connectivity index (χ0n) is 8.43. The van der Waals surface area contributed by atoms with Gasteiger partial charge in [-0.15, -0.1) is 11.8 Å². The van der Waals surface area contributed by atoms with Gasteiger partial charge in [-0.2, -0.15) is 0 Å². The molecule has 0 bridgehead atoms. The van der Waals surface area contributed by atoms with Gasteiger partial charge in [0.25, 0.3) is 0 Å². The average Bonchev–Trinajstić information content (AvgIpc) is 2.78. The third-order valence-corrected chi connectivity index (χ3v) is 3.32. The minimum atomic E-state index is -0.227. The van der Waals surface area contributed by atoms with Crippen LogP contribution < -0.4 is 5.32 Å². The molecule has 0 aromatic heterocycles. The van der Waals surface area contributed by atoms with Crippen LogP contribution in [0.5, 0.6) is 0 Å². The van der Waals surface area contributed by atoms with Crippen LogP contribution in [0.2, 0.25) is 0 Å². The summed E-state index contributed by atoms with van der Waals surface area (Å²) in [6.07, 6.45) is 0. The number of thioether (sulfide) groups is 1. The van der Waals surface area contributed by atoms with E-state index in [0.29, 0.717) is 0 Å². The number of nitrogens with zero attached hydrogens (tertiary/aromatic N) is 1. The number of benzene rings is 1. The monoisotopic (exact) mass is 220 g/mol. The molecule has 1 aromatic carbocycles. The lowest BCUT2D eigenvalue weighted by Gasteiger charge is -2.01. The summed E-state index contributed by atoms with van der Waals surface area (Å²) in [6.45, 7) is 0. The number of aliphatic imine (C=N–C) groups is 1. The Hall–Kier alpha value is -1.29. The summed E-state index contributed by atoms with van der Waals surface area (Å²) in [5.41, 5.74) is 1.09. The molecule has 0 spiro atoms. The van der Waals surface area contributed by atoms with Crippen LogP contribution in [-0.2, 0) is 4.79 Å². The molecule has 3 nitrogen and oxygen atoms in total. The van der Waals surface area contributed by atoms with E-state index in [4.69, 9.17) is 0 Å². The Labute approximate surface area is 93.0 Å². The van der Waals surface area contributed by atoms with Gasteiger partial charge in [-0.1, -0.05) is 30.3 Å². The fourth-order valence-electron chi connectivity index (χ4n) is 1.41. The van der Waals surface area contributed by atoms with Gasteiger partial charge in [0.1, 0.15) is 6.04 Å². The van der Waals surface area contributed by atoms with Crippen LogP contribution in [0.4, 0.5) is 0 Å². The van der Waals surface area contributed by atoms with E-state index in [2.05, 4.69) is 10.3 Å². The molecule has 1 aromatic rings. The predicted molar refractivity (Wildman–Crippen MR) is 63.3 cm³/mol. The number of hydrogen-bond acceptors (Lipinski definition) is 3. The summed E-state index contributed by atoms with van der Waals surface area (Å²) in [4.78, 5) is 15.8. The van der Waals surface area contributed by atoms with E-state index in [1.165, 1.54) is 0 Å². The second-order valence-electron chi connectivity index (χ2n) is 3.24. The molecule has 0 fully saturated rings. The Kier molecular flexibility index (Phi) is 3.06. The SMILES string of the molecule is CNC(=O)[C@@H]1CSC(c2ccccc2)=N1. The van der Waals surface area contributed by atoms with Gasteiger partial charge in [-0.25, -0.2) is 0 Å². The lowest BCUT2D eigenvalue weighted by Crippen LogP contribution is -2.30. The Morgan fingerprint density at radius 2 is 2.20 bits per heavy atom. The van der Waals surface area contributed by atoms with Crippen LogP contribution in [0.3, 0.4) is 0 Å². The number of rotatable bonds is 2. The molecule has 0 aliphatic carbocycles. The van der Waals surface area contributed by atoms with Crippen molar-refractivity contribution in [1.82, 2.24) is 5.32 Å². The van der Waals surface area contributed by atoms with Crippen LogP contribution in [0.1, 0.15) is 5.56 Å². The van der Waals surface area contributed by atoms with Gasteiger partial charge in [0, 0.05) is 18.4 Å². The van der Waals surface area contributed by atoms with E-state index in [-0.39, 0.29) is 11.9 Å². The largest absolute Gasteiger partial charge is 0.357 e. The second-order valence-corrected chi connectivity index (χ2v) is 4.25. The summed E-state index contributed by atoms with van der Waals surface area (Å²) in [7, 11) is 1.64. The van der Waals surface area contributed by atoms with E-state index < -0.39 is 0 Å². The Balaban J connectivity index is 2.17. The summed E-state index contributed by atoms with van der Waals surface area (Å²) in [5, 5.41) is 3.58. The second kappa shape index (κ2) is 4.49. The molecular formula is C11H12N2OS. The fourth-order valence-corrected chi connectivity index (χ4v) is 2.46. The van der Waals surface area contributed by atoms with E-state index in [1.807, 2.05) is 30.3 Å². The Morgan fingerprint density at radius 3 is 2.87 bits per heavy atom. The highest BCUT2D eigenvalue weighted by Gasteiger charge is 2.24. The first-order chi connectivity index (χ1) is 7.31. The predicted octanol–water partition coefficient (Wildman–Crippen LogP) is 1.29. The molecule has 15 heavy (non-hydrogen) atoms. The topological polar surface area (TPSA) is 41.5 Å². The van der Waals surface area contributed by atoms with Crippen molar-refractivity contribution < 1.29 is 4.79 Å². The van der Waals surface area contributed by atoms with Crippen LogP contribution in [0, 0.1) is 0 Å². The van der Waals surface area contributed by atoms with E-state index in [9.17, 15) is 4.79 Å². The molecule has 1 heterocycles. The highest BCUT2D eigenvalue weighted by molar-refractivity contribution is 8.14. The standard InChI is InChI=1S/C11H12N2OS/c1-12-10(14)9-7-15-11(13-9)8-5-3-2-4-6-8/h2-6,9H,7H2,1H3,(H,12,14)/t9-/m0/s1. The van der Waals surface area contributed by atoms with Crippen LogP contribution >= 0.6 is 11.8 Å². The molecular weight excluding hydrogens is 208 g/mol. The van der Waals surface area contributed by atoms with Crippen LogP contribution in [-0.4, -0.2) is 29.8 Å². The van der Waals surface area contributed by atoms with E-state index >= 15 is 0 Å². The van der Waals surface area contributed by atoms with Gasteiger partial charge >= 0.3 is 0 Å². The smallest absolute Gasteiger partial charge is 0.245 e. The first kappa shape index (κ1) is 10.2. The molecule has 1 N–H and O–H groups in total. The van der Waals surface area contributed by atoms with E-state index in [0.717, 1.165) is 16.4 Å². The van der Waals surface area contributed by atoms with Gasteiger partial charge in [0.15, 0.2) is 0 Å². The van der Waals surface area contributed by atoms with Gasteiger partial charge in [-0.05, 0) is 0 Å². The summed E-state index contributed by atoms with van der Waals surface area (Å²) in [5.74, 6) is 0.734. The summed E-state index contributed by atoms with van der Waals surface area (Å²) in [6, 6.07) is 9.73. The maximum absolute atomic E-state index is 11.4. The average molecular weight is 220 g/mol. The van der Waals surface area contributed by atoms with Crippen LogP contribution in [0.25, 0.3) is 0 Å². The molecule has 0 saturated heterocycles. The Morgan fingerprint density at radius 1 is 1.47 bits per heavy atom. The molecule has 2 rings (SSSR count). The highest BCUT2D eigenvalue weighted by atomic mass is 32.2. The minimum absolute atomic E-state index is 0.00608. The van der Waals surface area contributed by atoms with Crippen molar-refractivity contribution >= 4 is 22.7 Å². The Bertz CT molecular complexity index is 389. The van der Waals surface area contributed by atoms with Crippen molar-refractivity contribution in [3.63, 3.8) is 0 Å². The molecule has 1 aliphatic heterocycles. The normalized spacial score (nSPS) is 19.8. The van der Waals surface area contributed by atoms with Crippen molar-refractivity contribution in [3.05, 3.63) is 35.9 Å². The summed E-state index contributed by atoms with van der Waals surface area (Å²) < 4.78 is 0. The highest BCUT2D eigenvalue weighted by Crippen LogP contribution is 2.23. The molecule has 78 valence electrons. The maximum Gasteiger partial charge on any atom is 0.245 e. The van der Waals surface area contributed by atoms with Gasteiger partial charge < -0.3 is 5.32 Å². The van der Waals surface area contributed by atoms with Crippen molar-refractivity contribution in [3.8, 4) is 0 Å². The lowest BCUT2D eigenvalue weighted by molar-refractivity contribution is -0.121. The molecule has 0 saturated carbocycles. The number of nitrogens with one attached hydrogen (secondary N) is 1. The van der Waals surface area contributed by atoms with Crippen LogP contribution in [0.15, 0.2) is 35.3 Å². The zero-order valence-corrected chi connectivity index (χ0v) is 9.25. The first-order valence-electron chi connectivity index (χ1n) is 4.79. The quantitative estimate of drug-likeness (QED) is 0.816. The zero-order chi connectivity index (χ0) is 10.7. The minimum Gasteiger partial charge on any atom is -0.357 e. The molecule has 1 amide bonds. The first-order valence-corrected chi connectivity index (χ1v) is 5.77. The maximum atomic E-state index is 11.4. The number of carbonyl (C=O) groups is 1. The molecule has 4 heteroatoms. The number of likely N-dealkylation sites (N-methyl/N-ethyl adjacent to an activating group) is 1. The molecule has 1 atom stereocenters. The number of hydrogen-bond donors (Lipinski definition) is 1. The molecule has 1 aliphatic rings. The fraction of sp³-hybridized carbons (Fsp3) is 0.273. The third kappa shape index (κ3) is 2.21. The van der Waals surface area contributed by atoms with Gasteiger partial charge in [-0.3, -0.25) is 9.79 Å². The van der Waals surface area contributed by atoms with Crippen molar-refractivity contribution in [1.29, 1.82) is 0 Å². The van der Waals surface area contributed by atoms with E-state index in [1.54, 1.807) is 18.8 Å². The number of amides is 1.